The molecule has 4 rings (SSSR count). The molecule has 6 nitrogen and oxygen atoms in total. The first-order valence-corrected chi connectivity index (χ1v) is 9.63. The Morgan fingerprint density at radius 3 is 2.36 bits per heavy atom. The van der Waals surface area contributed by atoms with E-state index in [0.717, 1.165) is 27.7 Å². The van der Waals surface area contributed by atoms with Gasteiger partial charge in [-0.3, -0.25) is 4.98 Å². The van der Waals surface area contributed by atoms with Crippen molar-refractivity contribution in [3.8, 4) is 33.2 Å². The van der Waals surface area contributed by atoms with Crippen molar-refractivity contribution < 1.29 is 9.47 Å². The first kappa shape index (κ1) is 18.2. The number of aromatic nitrogens is 3. The van der Waals surface area contributed by atoms with Crippen LogP contribution in [0.1, 0.15) is 5.56 Å². The first-order chi connectivity index (χ1) is 13.6. The maximum Gasteiger partial charge on any atom is 0.223 e. The fourth-order valence-electron chi connectivity index (χ4n) is 3.07. The molecule has 0 unspecified atom stereocenters. The van der Waals surface area contributed by atoms with Crippen LogP contribution in [-0.4, -0.2) is 36.2 Å². The van der Waals surface area contributed by atoms with Gasteiger partial charge in [0, 0.05) is 46.9 Å². The van der Waals surface area contributed by atoms with Crippen molar-refractivity contribution in [1.82, 2.24) is 15.0 Å². The van der Waals surface area contributed by atoms with Gasteiger partial charge in [0.15, 0.2) is 11.5 Å². The van der Waals surface area contributed by atoms with E-state index in [2.05, 4.69) is 39.7 Å². The van der Waals surface area contributed by atoms with Gasteiger partial charge >= 0.3 is 0 Å². The largest absolute Gasteiger partial charge is 0.493 e. The molecule has 1 N–H and O–H groups in total. The number of pyridine rings is 1. The van der Waals surface area contributed by atoms with Crippen LogP contribution in [0.25, 0.3) is 32.6 Å². The molecule has 0 bridgehead atoms. The van der Waals surface area contributed by atoms with E-state index in [1.807, 2.05) is 24.5 Å². The zero-order chi connectivity index (χ0) is 19.7. The zero-order valence-corrected chi connectivity index (χ0v) is 16.9. The number of nitrogens with one attached hydrogen (secondary N) is 1. The van der Waals surface area contributed by atoms with Crippen LogP contribution in [0.4, 0.5) is 5.95 Å². The van der Waals surface area contributed by atoms with E-state index < -0.39 is 0 Å². The number of thiophene rings is 1. The second kappa shape index (κ2) is 7.44. The highest BCUT2D eigenvalue weighted by molar-refractivity contribution is 7.13. The molecule has 0 atom stereocenters. The van der Waals surface area contributed by atoms with Gasteiger partial charge in [-0.05, 0) is 36.1 Å². The van der Waals surface area contributed by atoms with E-state index in [-0.39, 0.29) is 0 Å². The van der Waals surface area contributed by atoms with E-state index in [1.165, 1.54) is 10.4 Å². The van der Waals surface area contributed by atoms with Crippen LogP contribution in [0.5, 0.6) is 11.5 Å². The average Bonchev–Trinajstić information content (AvgIpc) is 3.18. The smallest absolute Gasteiger partial charge is 0.223 e. The summed E-state index contributed by atoms with van der Waals surface area (Å²) in [7, 11) is 5.03. The Morgan fingerprint density at radius 1 is 0.929 bits per heavy atom. The fourth-order valence-corrected chi connectivity index (χ4v) is 3.96. The van der Waals surface area contributed by atoms with Crippen LogP contribution in [-0.2, 0) is 0 Å². The molecule has 0 saturated heterocycles. The summed E-state index contributed by atoms with van der Waals surface area (Å²) in [6.07, 6.45) is 3.70. The molecule has 0 radical (unpaired) electrons. The number of nitrogens with zero attached hydrogens (tertiary/aromatic N) is 3. The van der Waals surface area contributed by atoms with Gasteiger partial charge in [-0.1, -0.05) is 0 Å². The molecule has 0 aliphatic heterocycles. The summed E-state index contributed by atoms with van der Waals surface area (Å²) in [5, 5.41) is 6.04. The first-order valence-electron chi connectivity index (χ1n) is 8.75. The van der Waals surface area contributed by atoms with E-state index in [1.54, 1.807) is 32.6 Å². The van der Waals surface area contributed by atoms with E-state index >= 15 is 0 Å². The molecule has 142 valence electrons. The molecule has 0 aliphatic rings. The molecule has 3 heterocycles. The maximum atomic E-state index is 5.48. The summed E-state index contributed by atoms with van der Waals surface area (Å²) in [5.41, 5.74) is 4.78. The molecule has 28 heavy (non-hydrogen) atoms. The van der Waals surface area contributed by atoms with Gasteiger partial charge in [0.2, 0.25) is 5.95 Å². The lowest BCUT2D eigenvalue weighted by molar-refractivity contribution is 0.356. The summed E-state index contributed by atoms with van der Waals surface area (Å²) >= 11 is 1.71. The Morgan fingerprint density at radius 2 is 1.68 bits per heavy atom. The van der Waals surface area contributed by atoms with Crippen molar-refractivity contribution in [2.75, 3.05) is 26.6 Å². The predicted octanol–water partition coefficient (Wildman–Crippen LogP) is 4.79. The number of benzene rings is 1. The van der Waals surface area contributed by atoms with Crippen LogP contribution >= 0.6 is 11.3 Å². The average molecular weight is 392 g/mol. The normalized spacial score (nSPS) is 10.9. The predicted molar refractivity (Wildman–Crippen MR) is 113 cm³/mol. The summed E-state index contributed by atoms with van der Waals surface area (Å²) in [4.78, 5) is 14.9. The number of anilines is 1. The minimum atomic E-state index is 0.534. The van der Waals surface area contributed by atoms with Crippen LogP contribution < -0.4 is 14.8 Å². The molecule has 0 amide bonds. The third kappa shape index (κ3) is 3.25. The summed E-state index contributed by atoms with van der Waals surface area (Å²) in [6, 6.07) is 8.04. The molecule has 4 aromatic rings. The van der Waals surface area contributed by atoms with Gasteiger partial charge in [0.1, 0.15) is 0 Å². The summed E-state index contributed by atoms with van der Waals surface area (Å²) in [6.45, 7) is 2.09. The van der Waals surface area contributed by atoms with Crippen molar-refractivity contribution in [3.05, 3.63) is 47.6 Å². The van der Waals surface area contributed by atoms with Crippen LogP contribution in [0, 0.1) is 6.92 Å². The van der Waals surface area contributed by atoms with Crippen molar-refractivity contribution >= 4 is 28.2 Å². The number of rotatable bonds is 5. The van der Waals surface area contributed by atoms with Gasteiger partial charge < -0.3 is 14.8 Å². The van der Waals surface area contributed by atoms with Crippen molar-refractivity contribution in [2.45, 2.75) is 6.92 Å². The number of hydrogen-bond acceptors (Lipinski definition) is 7. The van der Waals surface area contributed by atoms with E-state index in [4.69, 9.17) is 14.5 Å². The summed E-state index contributed by atoms with van der Waals surface area (Å²) < 4.78 is 10.9. The third-order valence-electron chi connectivity index (χ3n) is 4.45. The van der Waals surface area contributed by atoms with Crippen LogP contribution in [0.15, 0.2) is 42.0 Å². The van der Waals surface area contributed by atoms with Gasteiger partial charge in [-0.15, -0.1) is 11.3 Å². The van der Waals surface area contributed by atoms with Crippen molar-refractivity contribution in [2.24, 2.45) is 0 Å². The van der Waals surface area contributed by atoms with E-state index in [9.17, 15) is 0 Å². The van der Waals surface area contributed by atoms with Gasteiger partial charge in [0.05, 0.1) is 25.4 Å². The highest BCUT2D eigenvalue weighted by Crippen LogP contribution is 2.37. The quantitative estimate of drug-likeness (QED) is 0.527. The Balaban J connectivity index is 1.94. The van der Waals surface area contributed by atoms with Crippen molar-refractivity contribution in [1.29, 1.82) is 0 Å². The standard InChI is InChI=1S/C21H20N4O2S/c1-12-5-19(28-11-12)13-6-14(10-23-9-13)20-15-7-17(26-3)18(27-4)8-16(15)24-21(22-2)25-20/h5-11H,1-4H3,(H,22,24,25). The molecule has 0 fully saturated rings. The minimum absolute atomic E-state index is 0.534. The molecule has 1 aromatic carbocycles. The lowest BCUT2D eigenvalue weighted by Gasteiger charge is -2.13. The number of ether oxygens (including phenoxy) is 2. The highest BCUT2D eigenvalue weighted by atomic mass is 32.1. The number of methoxy groups -OCH3 is 2. The number of fused-ring (bicyclic) bond motifs is 1. The molecular formula is C21H20N4O2S. The SMILES string of the molecule is CNc1nc(-c2cncc(-c3cc(C)cs3)c2)c2cc(OC)c(OC)cc2n1. The van der Waals surface area contributed by atoms with Crippen LogP contribution in [0.3, 0.4) is 0 Å². The molecular weight excluding hydrogens is 372 g/mol. The van der Waals surface area contributed by atoms with Crippen LogP contribution in [0.2, 0.25) is 0 Å². The molecule has 7 heteroatoms. The van der Waals surface area contributed by atoms with Gasteiger partial charge in [0.25, 0.3) is 0 Å². The second-order valence-corrected chi connectivity index (χ2v) is 7.23. The van der Waals surface area contributed by atoms with E-state index in [0.29, 0.717) is 17.4 Å². The highest BCUT2D eigenvalue weighted by Gasteiger charge is 2.15. The number of hydrogen-bond donors (Lipinski definition) is 1. The van der Waals surface area contributed by atoms with Gasteiger partial charge in [-0.2, -0.15) is 0 Å². The Labute approximate surface area is 167 Å². The summed E-state index contributed by atoms with van der Waals surface area (Å²) in [5.74, 6) is 1.80. The monoisotopic (exact) mass is 392 g/mol. The molecule has 0 aliphatic carbocycles. The topological polar surface area (TPSA) is 69.2 Å². The second-order valence-electron chi connectivity index (χ2n) is 6.32. The molecule has 3 aromatic heterocycles. The Kier molecular flexibility index (Phi) is 4.83. The third-order valence-corrected chi connectivity index (χ3v) is 5.55. The Bertz CT molecular complexity index is 1160. The molecule has 0 saturated carbocycles. The van der Waals surface area contributed by atoms with Gasteiger partial charge in [-0.25, -0.2) is 9.97 Å². The maximum absolute atomic E-state index is 5.48. The zero-order valence-electron chi connectivity index (χ0n) is 16.1. The lowest BCUT2D eigenvalue weighted by atomic mass is 10.1. The molecule has 0 spiro atoms. The fraction of sp³-hybridized carbons (Fsp3) is 0.190. The lowest BCUT2D eigenvalue weighted by Crippen LogP contribution is -2.00. The minimum Gasteiger partial charge on any atom is -0.493 e. The van der Waals surface area contributed by atoms with Crippen molar-refractivity contribution in [3.63, 3.8) is 0 Å². The Hall–Kier alpha value is -3.19. The number of aryl methyl sites for hydroxylation is 1.